The van der Waals surface area contributed by atoms with Crippen LogP contribution in [0.25, 0.3) is 5.69 Å². The standard InChI is InChI=1S/C23H26F2N4/c1-16(2)26-13-21-19-15-28(14-17-7-9-18(24)10-8-17)12-11-22(19)29(27-21)23-6-4-3-5-20(23)25/h3-10,16,26H,11-15H2,1-2H3. The summed E-state index contributed by atoms with van der Waals surface area (Å²) in [5, 5.41) is 8.22. The van der Waals surface area contributed by atoms with Crippen molar-refractivity contribution in [2.24, 2.45) is 0 Å². The van der Waals surface area contributed by atoms with Crippen LogP contribution in [-0.2, 0) is 26.1 Å². The van der Waals surface area contributed by atoms with Crippen molar-refractivity contribution in [2.45, 2.75) is 45.9 Å². The van der Waals surface area contributed by atoms with E-state index >= 15 is 0 Å². The second kappa shape index (κ2) is 8.43. The highest BCUT2D eigenvalue weighted by molar-refractivity contribution is 5.40. The van der Waals surface area contributed by atoms with Crippen molar-refractivity contribution in [3.05, 3.63) is 82.7 Å². The first kappa shape index (κ1) is 19.7. The lowest BCUT2D eigenvalue weighted by Crippen LogP contribution is -2.31. The molecule has 29 heavy (non-hydrogen) atoms. The van der Waals surface area contributed by atoms with Gasteiger partial charge >= 0.3 is 0 Å². The molecule has 1 N–H and O–H groups in total. The van der Waals surface area contributed by atoms with Crippen LogP contribution in [0.4, 0.5) is 8.78 Å². The summed E-state index contributed by atoms with van der Waals surface area (Å²) in [5.41, 5.74) is 4.77. The highest BCUT2D eigenvalue weighted by atomic mass is 19.1. The van der Waals surface area contributed by atoms with Crippen LogP contribution in [0.2, 0.25) is 0 Å². The third-order valence-electron chi connectivity index (χ3n) is 5.30. The van der Waals surface area contributed by atoms with E-state index in [1.54, 1.807) is 16.8 Å². The molecule has 0 fully saturated rings. The third-order valence-corrected chi connectivity index (χ3v) is 5.30. The molecule has 4 nitrogen and oxygen atoms in total. The fraction of sp³-hybridized carbons (Fsp3) is 0.348. The molecular weight excluding hydrogens is 370 g/mol. The number of hydrogen-bond donors (Lipinski definition) is 1. The SMILES string of the molecule is CC(C)NCc1nn(-c2ccccc2F)c2c1CN(Cc1ccc(F)cc1)CC2. The zero-order valence-corrected chi connectivity index (χ0v) is 16.8. The average molecular weight is 396 g/mol. The van der Waals surface area contributed by atoms with Gasteiger partial charge in [-0.1, -0.05) is 38.1 Å². The van der Waals surface area contributed by atoms with E-state index in [1.807, 2.05) is 18.2 Å². The minimum absolute atomic E-state index is 0.220. The maximum atomic E-state index is 14.4. The molecule has 0 bridgehead atoms. The molecule has 3 aromatic rings. The Morgan fingerprint density at radius 1 is 1.07 bits per heavy atom. The lowest BCUT2D eigenvalue weighted by atomic mass is 10.0. The van der Waals surface area contributed by atoms with E-state index in [-0.39, 0.29) is 11.6 Å². The van der Waals surface area contributed by atoms with Gasteiger partial charge in [0, 0.05) is 44.2 Å². The molecule has 0 spiro atoms. The first-order valence-corrected chi connectivity index (χ1v) is 10.1. The lowest BCUT2D eigenvalue weighted by Gasteiger charge is -2.28. The molecule has 0 saturated heterocycles. The third kappa shape index (κ3) is 4.38. The normalized spacial score (nSPS) is 14.4. The van der Waals surface area contributed by atoms with Gasteiger partial charge in [-0.2, -0.15) is 5.10 Å². The predicted octanol–water partition coefficient (Wildman–Crippen LogP) is 4.21. The van der Waals surface area contributed by atoms with Crippen molar-refractivity contribution < 1.29 is 8.78 Å². The molecule has 2 heterocycles. The molecule has 0 aliphatic carbocycles. The number of nitrogens with one attached hydrogen (secondary N) is 1. The maximum Gasteiger partial charge on any atom is 0.148 e. The van der Waals surface area contributed by atoms with Gasteiger partial charge in [0.15, 0.2) is 0 Å². The molecular formula is C23H26F2N4. The second-order valence-corrected chi connectivity index (χ2v) is 7.86. The molecule has 0 radical (unpaired) electrons. The van der Waals surface area contributed by atoms with Crippen LogP contribution in [-0.4, -0.2) is 27.3 Å². The van der Waals surface area contributed by atoms with E-state index in [9.17, 15) is 8.78 Å². The lowest BCUT2D eigenvalue weighted by molar-refractivity contribution is 0.242. The molecule has 0 unspecified atom stereocenters. The first-order valence-electron chi connectivity index (χ1n) is 10.1. The summed E-state index contributed by atoms with van der Waals surface area (Å²) in [6.07, 6.45) is 0.791. The largest absolute Gasteiger partial charge is 0.309 e. The summed E-state index contributed by atoms with van der Waals surface area (Å²) in [6, 6.07) is 13.8. The van der Waals surface area contributed by atoms with Gasteiger partial charge in [0.25, 0.3) is 0 Å². The van der Waals surface area contributed by atoms with Crippen molar-refractivity contribution >= 4 is 0 Å². The van der Waals surface area contributed by atoms with Crippen molar-refractivity contribution in [3.8, 4) is 5.69 Å². The van der Waals surface area contributed by atoms with Gasteiger partial charge < -0.3 is 5.32 Å². The summed E-state index contributed by atoms with van der Waals surface area (Å²) in [5.74, 6) is -0.488. The molecule has 2 aromatic carbocycles. The molecule has 1 aliphatic heterocycles. The molecule has 1 aromatic heterocycles. The van der Waals surface area contributed by atoms with Gasteiger partial charge in [-0.3, -0.25) is 4.90 Å². The predicted molar refractivity (Wildman–Crippen MR) is 110 cm³/mol. The van der Waals surface area contributed by atoms with E-state index in [2.05, 4.69) is 24.1 Å². The van der Waals surface area contributed by atoms with Gasteiger partial charge in [0.1, 0.15) is 17.3 Å². The molecule has 0 atom stereocenters. The number of rotatable bonds is 6. The van der Waals surface area contributed by atoms with E-state index in [1.165, 1.54) is 18.2 Å². The van der Waals surface area contributed by atoms with Gasteiger partial charge in [-0.25, -0.2) is 13.5 Å². The van der Waals surface area contributed by atoms with E-state index in [4.69, 9.17) is 5.10 Å². The summed E-state index contributed by atoms with van der Waals surface area (Å²) in [7, 11) is 0. The molecule has 152 valence electrons. The Hall–Kier alpha value is -2.57. The van der Waals surface area contributed by atoms with Gasteiger partial charge in [-0.15, -0.1) is 0 Å². The van der Waals surface area contributed by atoms with Crippen LogP contribution >= 0.6 is 0 Å². The summed E-state index contributed by atoms with van der Waals surface area (Å²) in [6.45, 7) is 7.19. The highest BCUT2D eigenvalue weighted by Gasteiger charge is 2.26. The smallest absolute Gasteiger partial charge is 0.148 e. The Balaban J connectivity index is 1.64. The fourth-order valence-electron chi connectivity index (χ4n) is 3.79. The van der Waals surface area contributed by atoms with Crippen molar-refractivity contribution in [3.63, 3.8) is 0 Å². The second-order valence-electron chi connectivity index (χ2n) is 7.86. The summed E-state index contributed by atoms with van der Waals surface area (Å²) in [4.78, 5) is 2.34. The summed E-state index contributed by atoms with van der Waals surface area (Å²) < 4.78 is 29.4. The van der Waals surface area contributed by atoms with Crippen molar-refractivity contribution in [1.29, 1.82) is 0 Å². The number of benzene rings is 2. The van der Waals surface area contributed by atoms with Crippen molar-refractivity contribution in [1.82, 2.24) is 20.0 Å². The fourth-order valence-corrected chi connectivity index (χ4v) is 3.79. The van der Waals surface area contributed by atoms with Gasteiger partial charge in [-0.05, 0) is 29.8 Å². The Morgan fingerprint density at radius 3 is 2.55 bits per heavy atom. The number of halogens is 2. The maximum absolute atomic E-state index is 14.4. The highest BCUT2D eigenvalue weighted by Crippen LogP contribution is 2.27. The van der Waals surface area contributed by atoms with E-state index < -0.39 is 0 Å². The number of fused-ring (bicyclic) bond motifs is 1. The number of aromatic nitrogens is 2. The molecule has 4 rings (SSSR count). The minimum Gasteiger partial charge on any atom is -0.309 e. The van der Waals surface area contributed by atoms with Crippen LogP contribution in [0.3, 0.4) is 0 Å². The molecule has 0 saturated carbocycles. The van der Waals surface area contributed by atoms with Crippen LogP contribution in [0, 0.1) is 11.6 Å². The number of hydrogen-bond acceptors (Lipinski definition) is 3. The van der Waals surface area contributed by atoms with Gasteiger partial charge in [0.05, 0.1) is 11.4 Å². The van der Waals surface area contributed by atoms with Gasteiger partial charge in [0.2, 0.25) is 0 Å². The Morgan fingerprint density at radius 2 is 1.83 bits per heavy atom. The Kier molecular flexibility index (Phi) is 5.74. The average Bonchev–Trinajstić information content (AvgIpc) is 3.06. The molecule has 0 amide bonds. The molecule has 1 aliphatic rings. The number of para-hydroxylation sites is 1. The van der Waals surface area contributed by atoms with Crippen LogP contribution in [0.15, 0.2) is 48.5 Å². The topological polar surface area (TPSA) is 33.1 Å². The van der Waals surface area contributed by atoms with Crippen LogP contribution in [0.1, 0.15) is 36.4 Å². The minimum atomic E-state index is -0.269. The monoisotopic (exact) mass is 396 g/mol. The van der Waals surface area contributed by atoms with Crippen LogP contribution < -0.4 is 5.32 Å². The zero-order valence-electron chi connectivity index (χ0n) is 16.8. The Bertz CT molecular complexity index is 979. The number of nitrogens with zero attached hydrogens (tertiary/aromatic N) is 3. The summed E-state index contributed by atoms with van der Waals surface area (Å²) >= 11 is 0. The zero-order chi connectivity index (χ0) is 20.4. The molecule has 6 heteroatoms. The first-order chi connectivity index (χ1) is 14.0. The van der Waals surface area contributed by atoms with E-state index in [0.29, 0.717) is 18.3 Å². The quantitative estimate of drug-likeness (QED) is 0.678. The van der Waals surface area contributed by atoms with Crippen molar-refractivity contribution in [2.75, 3.05) is 6.54 Å². The van der Waals surface area contributed by atoms with Crippen LogP contribution in [0.5, 0.6) is 0 Å². The Labute approximate surface area is 170 Å². The van der Waals surface area contributed by atoms with E-state index in [0.717, 1.165) is 48.6 Å².